The van der Waals surface area contributed by atoms with E-state index >= 15 is 0 Å². The Morgan fingerprint density at radius 2 is 1.88 bits per heavy atom. The van der Waals surface area contributed by atoms with E-state index < -0.39 is 5.66 Å². The second-order valence-corrected chi connectivity index (χ2v) is 5.93. The molecular formula is C17H17FN6O+2. The zero-order chi connectivity index (χ0) is 17.6. The zero-order valence-electron chi connectivity index (χ0n) is 13.4. The Bertz CT molecular complexity index is 923. The number of halogens is 1. The summed E-state index contributed by atoms with van der Waals surface area (Å²) in [6, 6.07) is 13.3. The SMILES string of the molecule is CN1C(=O)[C@@]2([NH+]=C(N)NC(Nc3ccc(F)cc3)=[NH+]2)c2ccccc21. The third-order valence-electron chi connectivity index (χ3n) is 4.30. The molecule has 1 atom stereocenters. The van der Waals surface area contributed by atoms with Gasteiger partial charge in [0, 0.05) is 7.05 Å². The number of fused-ring (bicyclic) bond motifs is 2. The lowest BCUT2D eigenvalue weighted by Gasteiger charge is -2.21. The number of hydrogen-bond donors (Lipinski definition) is 5. The Kier molecular flexibility index (Phi) is 3.21. The fraction of sp³-hybridized carbons (Fsp3) is 0.118. The molecule has 126 valence electrons. The molecule has 0 radical (unpaired) electrons. The van der Waals surface area contributed by atoms with Crippen molar-refractivity contribution in [3.8, 4) is 0 Å². The molecular weight excluding hydrogens is 323 g/mol. The molecule has 2 aliphatic rings. The summed E-state index contributed by atoms with van der Waals surface area (Å²) >= 11 is 0. The van der Waals surface area contributed by atoms with Gasteiger partial charge in [-0.05, 0) is 36.4 Å². The van der Waals surface area contributed by atoms with E-state index in [0.29, 0.717) is 11.6 Å². The van der Waals surface area contributed by atoms with Gasteiger partial charge < -0.3 is 4.90 Å². The minimum absolute atomic E-state index is 0.184. The van der Waals surface area contributed by atoms with Gasteiger partial charge in [-0.3, -0.25) is 10.5 Å². The third kappa shape index (κ3) is 2.30. The van der Waals surface area contributed by atoms with E-state index in [1.165, 1.54) is 12.1 Å². The van der Waals surface area contributed by atoms with E-state index in [4.69, 9.17) is 5.73 Å². The Morgan fingerprint density at radius 3 is 2.64 bits per heavy atom. The fourth-order valence-electron chi connectivity index (χ4n) is 3.16. The van der Waals surface area contributed by atoms with Gasteiger partial charge in [-0.2, -0.15) is 5.32 Å². The second kappa shape index (κ2) is 5.30. The van der Waals surface area contributed by atoms with Crippen LogP contribution in [0.4, 0.5) is 15.8 Å². The summed E-state index contributed by atoms with van der Waals surface area (Å²) in [5, 5.41) is 5.98. The van der Waals surface area contributed by atoms with Crippen LogP contribution < -0.4 is 31.3 Å². The number of benzene rings is 2. The molecule has 1 spiro atoms. The van der Waals surface area contributed by atoms with Gasteiger partial charge in [-0.25, -0.2) is 19.7 Å². The summed E-state index contributed by atoms with van der Waals surface area (Å²) in [6.07, 6.45) is 0. The van der Waals surface area contributed by atoms with Gasteiger partial charge >= 0.3 is 23.5 Å². The highest BCUT2D eigenvalue weighted by molar-refractivity contribution is 6.07. The first-order valence-corrected chi connectivity index (χ1v) is 7.72. The lowest BCUT2D eigenvalue weighted by molar-refractivity contribution is -0.789. The highest BCUT2D eigenvalue weighted by Gasteiger charge is 2.55. The molecule has 8 heteroatoms. The summed E-state index contributed by atoms with van der Waals surface area (Å²) in [5.74, 6) is 0.130. The minimum atomic E-state index is -1.21. The van der Waals surface area contributed by atoms with Gasteiger partial charge in [0.1, 0.15) is 5.82 Å². The highest BCUT2D eigenvalue weighted by atomic mass is 19.1. The molecule has 2 aromatic carbocycles. The largest absolute Gasteiger partial charge is 0.361 e. The first-order valence-electron chi connectivity index (χ1n) is 7.72. The van der Waals surface area contributed by atoms with Gasteiger partial charge in [-0.15, -0.1) is 0 Å². The van der Waals surface area contributed by atoms with Crippen LogP contribution in [0.3, 0.4) is 0 Å². The van der Waals surface area contributed by atoms with E-state index in [1.54, 1.807) is 24.1 Å². The van der Waals surface area contributed by atoms with Crippen LogP contribution in [0.1, 0.15) is 5.56 Å². The van der Waals surface area contributed by atoms with Gasteiger partial charge in [0.2, 0.25) is 0 Å². The van der Waals surface area contributed by atoms with E-state index in [1.807, 2.05) is 24.3 Å². The number of anilines is 2. The normalized spacial score (nSPS) is 21.5. The quantitative estimate of drug-likeness (QED) is 0.396. The molecule has 2 aromatic rings. The first kappa shape index (κ1) is 15.1. The third-order valence-corrected chi connectivity index (χ3v) is 4.30. The second-order valence-electron chi connectivity index (χ2n) is 5.93. The summed E-state index contributed by atoms with van der Waals surface area (Å²) in [6.45, 7) is 0. The number of rotatable bonds is 1. The molecule has 0 aliphatic carbocycles. The number of amides is 1. The molecule has 6 N–H and O–H groups in total. The number of nitrogens with two attached hydrogens (primary N) is 1. The minimum Gasteiger partial charge on any atom is -0.308 e. The van der Waals surface area contributed by atoms with E-state index in [-0.39, 0.29) is 17.7 Å². The maximum absolute atomic E-state index is 13.1. The molecule has 0 fully saturated rings. The van der Waals surface area contributed by atoms with Crippen molar-refractivity contribution in [3.63, 3.8) is 0 Å². The van der Waals surface area contributed by atoms with E-state index in [9.17, 15) is 9.18 Å². The Labute approximate surface area is 143 Å². The molecule has 0 saturated carbocycles. The summed E-state index contributed by atoms with van der Waals surface area (Å²) in [5.41, 5.74) is 6.99. The number of likely N-dealkylation sites (N-methyl/N-ethyl adjacent to an activating group) is 1. The fourth-order valence-corrected chi connectivity index (χ4v) is 3.16. The summed E-state index contributed by atoms with van der Waals surface area (Å²) in [4.78, 5) is 20.7. The number of carbonyl (C=O) groups excluding carboxylic acids is 1. The van der Waals surface area contributed by atoms with Gasteiger partial charge in [0.25, 0.3) is 0 Å². The monoisotopic (exact) mass is 340 g/mol. The molecule has 0 bridgehead atoms. The van der Waals surface area contributed by atoms with Gasteiger partial charge in [-0.1, -0.05) is 12.1 Å². The highest BCUT2D eigenvalue weighted by Crippen LogP contribution is 2.32. The molecule has 0 unspecified atom stereocenters. The lowest BCUT2D eigenvalue weighted by atomic mass is 10.0. The van der Waals surface area contributed by atoms with Crippen molar-refractivity contribution >= 4 is 29.2 Å². The number of nitrogens with zero attached hydrogens (tertiary/aromatic N) is 1. The van der Waals surface area contributed by atoms with Crippen LogP contribution in [0, 0.1) is 5.82 Å². The van der Waals surface area contributed by atoms with Crippen LogP contribution in [0.5, 0.6) is 0 Å². The molecule has 0 saturated heterocycles. The standard InChI is InChI=1S/C17H15FN6O/c1-24-13-5-3-2-4-12(13)17(14(24)25)22-15(19)21-16(23-17)20-11-8-6-10(18)7-9-11/h2-9H,1H3,(H4,19,20,21,22,23)/p+2/t17-/m1/s1. The van der Waals surface area contributed by atoms with Crippen LogP contribution in [0.2, 0.25) is 0 Å². The average Bonchev–Trinajstić information content (AvgIpc) is 2.79. The first-order chi connectivity index (χ1) is 12.0. The Hall–Kier alpha value is -3.42. The predicted molar refractivity (Wildman–Crippen MR) is 90.8 cm³/mol. The lowest BCUT2D eigenvalue weighted by Crippen LogP contribution is -3.14. The van der Waals surface area contributed by atoms with Crippen LogP contribution >= 0.6 is 0 Å². The number of para-hydroxylation sites is 1. The molecule has 1 amide bonds. The molecule has 2 heterocycles. The topological polar surface area (TPSA) is 98.3 Å². The van der Waals surface area contributed by atoms with Crippen molar-refractivity contribution in [3.05, 3.63) is 59.9 Å². The molecule has 7 nitrogen and oxygen atoms in total. The smallest absolute Gasteiger partial charge is 0.308 e. The summed E-state index contributed by atoms with van der Waals surface area (Å²) in [7, 11) is 1.71. The van der Waals surface area contributed by atoms with Crippen molar-refractivity contribution in [1.29, 1.82) is 0 Å². The van der Waals surface area contributed by atoms with Crippen molar-refractivity contribution in [2.45, 2.75) is 5.66 Å². The van der Waals surface area contributed by atoms with E-state index in [0.717, 1.165) is 11.3 Å². The average molecular weight is 340 g/mol. The van der Waals surface area contributed by atoms with Crippen molar-refractivity contribution in [1.82, 2.24) is 5.32 Å². The Morgan fingerprint density at radius 1 is 1.16 bits per heavy atom. The van der Waals surface area contributed by atoms with Crippen molar-refractivity contribution in [2.24, 2.45) is 5.73 Å². The molecule has 0 aromatic heterocycles. The summed E-state index contributed by atoms with van der Waals surface area (Å²) < 4.78 is 13.1. The zero-order valence-corrected chi connectivity index (χ0v) is 13.4. The van der Waals surface area contributed by atoms with Gasteiger partial charge in [0.15, 0.2) is 0 Å². The van der Waals surface area contributed by atoms with Crippen LogP contribution in [-0.2, 0) is 10.5 Å². The number of hydrogen-bond acceptors (Lipinski definition) is 4. The van der Waals surface area contributed by atoms with Crippen molar-refractivity contribution in [2.75, 3.05) is 17.3 Å². The predicted octanol–water partition coefficient (Wildman–Crippen LogP) is -2.50. The number of carbonyl (C=O) groups is 1. The Balaban J connectivity index is 1.78. The van der Waals surface area contributed by atoms with Crippen LogP contribution in [0.25, 0.3) is 0 Å². The maximum atomic E-state index is 13.1. The maximum Gasteiger partial charge on any atom is 0.361 e. The van der Waals surface area contributed by atoms with Crippen LogP contribution in [0.15, 0.2) is 48.5 Å². The number of nitrogens with one attached hydrogen (secondary N) is 4. The molecule has 2 aliphatic heterocycles. The number of guanidine groups is 2. The van der Waals surface area contributed by atoms with Crippen molar-refractivity contribution < 1.29 is 19.2 Å². The van der Waals surface area contributed by atoms with Crippen LogP contribution in [-0.4, -0.2) is 24.9 Å². The molecule has 4 rings (SSSR count). The van der Waals surface area contributed by atoms with Gasteiger partial charge in [0.05, 0.1) is 16.9 Å². The van der Waals surface area contributed by atoms with E-state index in [2.05, 4.69) is 20.6 Å². The molecule has 25 heavy (non-hydrogen) atoms.